The molecule has 0 aliphatic carbocycles. The molecule has 1 heterocycles. The molecule has 0 amide bonds. The van der Waals surface area contributed by atoms with E-state index >= 15 is 0 Å². The minimum atomic E-state index is 0.233. The zero-order valence-electron chi connectivity index (χ0n) is 11.2. The van der Waals surface area contributed by atoms with Crippen molar-refractivity contribution in [3.63, 3.8) is 0 Å². The predicted molar refractivity (Wildman–Crippen MR) is 80.7 cm³/mol. The Morgan fingerprint density at radius 1 is 1.41 bits per heavy atom. The number of nitrogens with one attached hydrogen (secondary N) is 1. The van der Waals surface area contributed by atoms with Gasteiger partial charge in [0, 0.05) is 12.1 Å². The van der Waals surface area contributed by atoms with Crippen molar-refractivity contribution in [1.82, 2.24) is 10.2 Å². The van der Waals surface area contributed by atoms with Crippen LogP contribution in [0.1, 0.15) is 32.8 Å². The minimum absolute atomic E-state index is 0.233. The summed E-state index contributed by atoms with van der Waals surface area (Å²) >= 11 is 5.25. The molecule has 0 saturated heterocycles. The summed E-state index contributed by atoms with van der Waals surface area (Å²) in [4.78, 5) is 2.37. The molecule has 4 heteroatoms. The Morgan fingerprint density at radius 2 is 2.12 bits per heavy atom. The molecule has 0 aliphatic rings. The first-order valence-corrected chi connectivity index (χ1v) is 7.70. The van der Waals surface area contributed by atoms with Gasteiger partial charge in [-0.3, -0.25) is 0 Å². The van der Waals surface area contributed by atoms with E-state index in [0.717, 1.165) is 19.6 Å². The molecule has 0 radical (unpaired) electrons. The molecular formula is C13H23BrN2S. The molecule has 0 spiro atoms. The summed E-state index contributed by atoms with van der Waals surface area (Å²) in [5, 5.41) is 5.73. The van der Waals surface area contributed by atoms with Crippen LogP contribution in [0.3, 0.4) is 0 Å². The van der Waals surface area contributed by atoms with Crippen LogP contribution >= 0.6 is 27.3 Å². The molecule has 0 aromatic carbocycles. The Kier molecular flexibility index (Phi) is 6.13. The topological polar surface area (TPSA) is 15.3 Å². The lowest BCUT2D eigenvalue weighted by Gasteiger charge is -2.22. The largest absolute Gasteiger partial charge is 0.312 e. The first-order valence-electron chi connectivity index (χ1n) is 6.03. The van der Waals surface area contributed by atoms with Gasteiger partial charge in [0.15, 0.2) is 0 Å². The van der Waals surface area contributed by atoms with Crippen LogP contribution in [0, 0.1) is 0 Å². The van der Waals surface area contributed by atoms with Crippen molar-refractivity contribution < 1.29 is 0 Å². The Labute approximate surface area is 118 Å². The van der Waals surface area contributed by atoms with E-state index in [1.165, 1.54) is 15.8 Å². The van der Waals surface area contributed by atoms with Crippen molar-refractivity contribution in [1.29, 1.82) is 0 Å². The van der Waals surface area contributed by atoms with Crippen LogP contribution in [0.2, 0.25) is 0 Å². The fraction of sp³-hybridized carbons (Fsp3) is 0.692. The molecular weight excluding hydrogens is 296 g/mol. The van der Waals surface area contributed by atoms with Gasteiger partial charge in [0.1, 0.15) is 0 Å². The molecule has 0 atom stereocenters. The second kappa shape index (κ2) is 6.88. The number of hydrogen-bond acceptors (Lipinski definition) is 3. The number of rotatable bonds is 6. The Bertz CT molecular complexity index is 330. The van der Waals surface area contributed by atoms with Crippen molar-refractivity contribution in [2.24, 2.45) is 0 Å². The summed E-state index contributed by atoms with van der Waals surface area (Å²) in [5.74, 6) is 0. The van der Waals surface area contributed by atoms with Crippen LogP contribution in [-0.4, -0.2) is 30.6 Å². The second-order valence-electron chi connectivity index (χ2n) is 5.53. The van der Waals surface area contributed by atoms with Gasteiger partial charge in [0.05, 0.1) is 3.79 Å². The van der Waals surface area contributed by atoms with E-state index in [0.29, 0.717) is 0 Å². The normalized spacial score (nSPS) is 12.4. The lowest BCUT2D eigenvalue weighted by Crippen LogP contribution is -2.37. The first-order chi connectivity index (χ1) is 7.87. The number of hydrogen-bond donors (Lipinski definition) is 1. The van der Waals surface area contributed by atoms with Gasteiger partial charge in [-0.2, -0.15) is 0 Å². The molecule has 1 rings (SSSR count). The third-order valence-corrected chi connectivity index (χ3v) is 4.00. The van der Waals surface area contributed by atoms with Gasteiger partial charge in [-0.1, -0.05) is 0 Å². The quantitative estimate of drug-likeness (QED) is 0.804. The standard InChI is InChI=1S/C13H23BrN2S/c1-13(2,3)15-6-5-7-16(4)9-11-8-12(14)17-10-11/h8,10,15H,5-7,9H2,1-4H3. The fourth-order valence-corrected chi connectivity index (χ4v) is 2.83. The molecule has 1 N–H and O–H groups in total. The zero-order valence-corrected chi connectivity index (χ0v) is 13.6. The Balaban J connectivity index is 2.15. The van der Waals surface area contributed by atoms with Gasteiger partial charge >= 0.3 is 0 Å². The van der Waals surface area contributed by atoms with Gasteiger partial charge in [-0.15, -0.1) is 11.3 Å². The fourth-order valence-electron chi connectivity index (χ4n) is 1.63. The van der Waals surface area contributed by atoms with Crippen LogP contribution < -0.4 is 5.32 Å². The summed E-state index contributed by atoms with van der Waals surface area (Å²) in [6, 6.07) is 2.20. The van der Waals surface area contributed by atoms with E-state index < -0.39 is 0 Å². The lowest BCUT2D eigenvalue weighted by atomic mass is 10.1. The number of thiophene rings is 1. The van der Waals surface area contributed by atoms with Crippen LogP contribution in [0.4, 0.5) is 0 Å². The summed E-state index contributed by atoms with van der Waals surface area (Å²) in [6.45, 7) is 9.88. The third-order valence-electron chi connectivity index (χ3n) is 2.45. The number of halogens is 1. The molecule has 0 saturated carbocycles. The second-order valence-corrected chi connectivity index (χ2v) is 7.82. The first kappa shape index (κ1) is 15.2. The third kappa shape index (κ3) is 7.19. The summed E-state index contributed by atoms with van der Waals surface area (Å²) in [7, 11) is 2.18. The average molecular weight is 319 g/mol. The molecule has 2 nitrogen and oxygen atoms in total. The van der Waals surface area contributed by atoms with Crippen LogP contribution in [-0.2, 0) is 6.54 Å². The highest BCUT2D eigenvalue weighted by molar-refractivity contribution is 9.11. The Hall–Kier alpha value is 0.100. The van der Waals surface area contributed by atoms with Crippen molar-refractivity contribution in [2.45, 2.75) is 39.3 Å². The van der Waals surface area contributed by atoms with Crippen LogP contribution in [0.5, 0.6) is 0 Å². The van der Waals surface area contributed by atoms with Gasteiger partial charge in [0.2, 0.25) is 0 Å². The molecule has 0 fully saturated rings. The average Bonchev–Trinajstić information content (AvgIpc) is 2.57. The van der Waals surface area contributed by atoms with Gasteiger partial charge in [0.25, 0.3) is 0 Å². The van der Waals surface area contributed by atoms with E-state index in [9.17, 15) is 0 Å². The van der Waals surface area contributed by atoms with Gasteiger partial charge < -0.3 is 10.2 Å². The van der Waals surface area contributed by atoms with Crippen molar-refractivity contribution in [3.05, 3.63) is 20.8 Å². The van der Waals surface area contributed by atoms with E-state index in [4.69, 9.17) is 0 Å². The SMILES string of the molecule is CN(CCCNC(C)(C)C)Cc1csc(Br)c1. The highest BCUT2D eigenvalue weighted by Crippen LogP contribution is 2.21. The van der Waals surface area contributed by atoms with E-state index in [1.54, 1.807) is 11.3 Å². The van der Waals surface area contributed by atoms with Crippen molar-refractivity contribution >= 4 is 27.3 Å². The van der Waals surface area contributed by atoms with Crippen LogP contribution in [0.15, 0.2) is 15.2 Å². The maximum absolute atomic E-state index is 3.51. The maximum Gasteiger partial charge on any atom is 0.0701 e. The lowest BCUT2D eigenvalue weighted by molar-refractivity contribution is 0.310. The van der Waals surface area contributed by atoms with Gasteiger partial charge in [-0.05, 0) is 80.3 Å². The van der Waals surface area contributed by atoms with E-state index in [1.807, 2.05) is 0 Å². The molecule has 1 aromatic rings. The predicted octanol–water partition coefficient (Wildman–Crippen LogP) is 3.72. The van der Waals surface area contributed by atoms with Gasteiger partial charge in [-0.25, -0.2) is 0 Å². The molecule has 0 aliphatic heterocycles. The molecule has 0 unspecified atom stereocenters. The van der Waals surface area contributed by atoms with E-state index in [2.05, 4.69) is 65.4 Å². The minimum Gasteiger partial charge on any atom is -0.312 e. The highest BCUT2D eigenvalue weighted by atomic mass is 79.9. The Morgan fingerprint density at radius 3 is 2.65 bits per heavy atom. The molecule has 1 aromatic heterocycles. The molecule has 98 valence electrons. The maximum atomic E-state index is 3.51. The summed E-state index contributed by atoms with van der Waals surface area (Å²) < 4.78 is 1.22. The summed E-state index contributed by atoms with van der Waals surface area (Å²) in [5.41, 5.74) is 1.63. The molecule has 17 heavy (non-hydrogen) atoms. The van der Waals surface area contributed by atoms with Crippen molar-refractivity contribution in [2.75, 3.05) is 20.1 Å². The smallest absolute Gasteiger partial charge is 0.0701 e. The highest BCUT2D eigenvalue weighted by Gasteiger charge is 2.08. The molecule has 0 bridgehead atoms. The number of nitrogens with zero attached hydrogens (tertiary/aromatic N) is 1. The van der Waals surface area contributed by atoms with Crippen LogP contribution in [0.25, 0.3) is 0 Å². The van der Waals surface area contributed by atoms with E-state index in [-0.39, 0.29) is 5.54 Å². The summed E-state index contributed by atoms with van der Waals surface area (Å²) in [6.07, 6.45) is 1.19. The monoisotopic (exact) mass is 318 g/mol. The van der Waals surface area contributed by atoms with Crippen molar-refractivity contribution in [3.8, 4) is 0 Å². The zero-order chi connectivity index (χ0) is 12.9.